The lowest BCUT2D eigenvalue weighted by Gasteiger charge is -2.27. The molecule has 0 fully saturated rings. The lowest BCUT2D eigenvalue weighted by atomic mass is 9.99. The predicted molar refractivity (Wildman–Crippen MR) is 95.9 cm³/mol. The van der Waals surface area contributed by atoms with Crippen LogP contribution in [0.15, 0.2) is 48.7 Å². The van der Waals surface area contributed by atoms with E-state index in [1.807, 2.05) is 6.92 Å². The van der Waals surface area contributed by atoms with Crippen molar-refractivity contribution < 1.29 is 17.6 Å². The van der Waals surface area contributed by atoms with Crippen molar-refractivity contribution in [3.8, 4) is 11.3 Å². The van der Waals surface area contributed by atoms with Crippen LogP contribution in [0.1, 0.15) is 16.8 Å². The van der Waals surface area contributed by atoms with Gasteiger partial charge in [0.2, 0.25) is 0 Å². The molecule has 0 unspecified atom stereocenters. The number of anilines is 1. The first kappa shape index (κ1) is 17.3. The van der Waals surface area contributed by atoms with Gasteiger partial charge in [-0.05, 0) is 55.0 Å². The molecule has 2 heterocycles. The van der Waals surface area contributed by atoms with Crippen LogP contribution in [0.4, 0.5) is 23.2 Å². The second-order valence-electron chi connectivity index (χ2n) is 6.36. The molecule has 4 rings (SSSR count). The first-order valence-electron chi connectivity index (χ1n) is 8.27. The fourth-order valence-electron chi connectivity index (χ4n) is 3.16. The van der Waals surface area contributed by atoms with Crippen molar-refractivity contribution in [1.29, 1.82) is 0 Å². The Hall–Kier alpha value is -3.15. The Morgan fingerprint density at radius 3 is 2.33 bits per heavy atom. The molecule has 1 aliphatic heterocycles. The van der Waals surface area contributed by atoms with Crippen LogP contribution >= 0.6 is 0 Å². The summed E-state index contributed by atoms with van der Waals surface area (Å²) in [7, 11) is 0. The minimum absolute atomic E-state index is 0.394. The van der Waals surface area contributed by atoms with Crippen LogP contribution in [0.3, 0.4) is 0 Å². The van der Waals surface area contributed by atoms with E-state index in [1.165, 1.54) is 18.2 Å². The van der Waals surface area contributed by atoms with Crippen molar-refractivity contribution in [3.05, 3.63) is 88.8 Å². The number of hydrogen-bond donors (Lipinski definition) is 0. The van der Waals surface area contributed by atoms with E-state index in [1.54, 1.807) is 23.2 Å². The number of fused-ring (bicyclic) bond motifs is 1. The third kappa shape index (κ3) is 3.30. The Kier molecular flexibility index (Phi) is 4.18. The van der Waals surface area contributed by atoms with Crippen LogP contribution in [0.2, 0.25) is 0 Å². The number of pyridine rings is 1. The summed E-state index contributed by atoms with van der Waals surface area (Å²) in [6.45, 7) is 2.21. The molecule has 0 spiro atoms. The highest BCUT2D eigenvalue weighted by Crippen LogP contribution is 2.30. The van der Waals surface area contributed by atoms with Crippen LogP contribution in [0.25, 0.3) is 17.3 Å². The first-order valence-corrected chi connectivity index (χ1v) is 8.27. The largest absolute Gasteiger partial charge is 0.343 e. The molecular formula is C21H14F4N2. The molecule has 0 saturated heterocycles. The fraction of sp³-hybridized carbons (Fsp3) is 0.0952. The normalized spacial score (nSPS) is 13.0. The van der Waals surface area contributed by atoms with E-state index in [0.29, 0.717) is 29.2 Å². The summed E-state index contributed by atoms with van der Waals surface area (Å²) in [6, 6.07) is 8.78. The number of hydrogen-bond acceptors (Lipinski definition) is 2. The van der Waals surface area contributed by atoms with Crippen molar-refractivity contribution >= 4 is 11.8 Å². The SMILES string of the molecule is Cc1nc(-c2ccc(F)c(F)c2)cc2c1CN(c1cc(F)cc(F)c1)C=C2. The maximum Gasteiger partial charge on any atom is 0.159 e. The van der Waals surface area contributed by atoms with E-state index in [4.69, 9.17) is 0 Å². The number of aryl methyl sites for hydroxylation is 1. The van der Waals surface area contributed by atoms with Gasteiger partial charge in [-0.25, -0.2) is 17.6 Å². The number of nitrogens with zero attached hydrogens (tertiary/aromatic N) is 2. The van der Waals surface area contributed by atoms with Crippen LogP contribution < -0.4 is 4.90 Å². The number of aromatic nitrogens is 1. The van der Waals surface area contributed by atoms with Gasteiger partial charge in [0.25, 0.3) is 0 Å². The van der Waals surface area contributed by atoms with Crippen LogP contribution in [-0.4, -0.2) is 4.98 Å². The number of benzene rings is 2. The Labute approximate surface area is 153 Å². The van der Waals surface area contributed by atoms with Gasteiger partial charge >= 0.3 is 0 Å². The lowest BCUT2D eigenvalue weighted by Crippen LogP contribution is -2.20. The molecule has 0 bridgehead atoms. The number of rotatable bonds is 2. The Bertz CT molecular complexity index is 1060. The molecule has 27 heavy (non-hydrogen) atoms. The average Bonchev–Trinajstić information content (AvgIpc) is 2.63. The molecule has 1 aromatic heterocycles. The van der Waals surface area contributed by atoms with Gasteiger partial charge in [-0.1, -0.05) is 0 Å². The van der Waals surface area contributed by atoms with E-state index < -0.39 is 23.3 Å². The standard InChI is InChI=1S/C21H14F4N2/c1-12-18-11-27(17-9-15(22)8-16(23)10-17)5-4-13(18)7-21(26-12)14-2-3-19(24)20(25)6-14/h2-10H,11H2,1H3. The molecule has 0 N–H and O–H groups in total. The van der Waals surface area contributed by atoms with E-state index in [0.717, 1.165) is 29.3 Å². The van der Waals surface area contributed by atoms with Crippen molar-refractivity contribution in [2.75, 3.05) is 4.90 Å². The van der Waals surface area contributed by atoms with Crippen molar-refractivity contribution in [2.45, 2.75) is 13.5 Å². The molecule has 2 nitrogen and oxygen atoms in total. The van der Waals surface area contributed by atoms with E-state index in [9.17, 15) is 17.6 Å². The monoisotopic (exact) mass is 370 g/mol. The van der Waals surface area contributed by atoms with Gasteiger partial charge < -0.3 is 4.90 Å². The molecule has 0 saturated carbocycles. The zero-order valence-corrected chi connectivity index (χ0v) is 14.3. The van der Waals surface area contributed by atoms with Crippen LogP contribution in [0.5, 0.6) is 0 Å². The van der Waals surface area contributed by atoms with Crippen molar-refractivity contribution in [3.63, 3.8) is 0 Å². The second-order valence-corrected chi connectivity index (χ2v) is 6.36. The van der Waals surface area contributed by atoms with Crippen LogP contribution in [0, 0.1) is 30.2 Å². The Balaban J connectivity index is 1.71. The third-order valence-electron chi connectivity index (χ3n) is 4.52. The Morgan fingerprint density at radius 2 is 1.63 bits per heavy atom. The van der Waals surface area contributed by atoms with Gasteiger partial charge in [0.05, 0.1) is 5.69 Å². The van der Waals surface area contributed by atoms with Gasteiger partial charge in [0.1, 0.15) is 11.6 Å². The maximum absolute atomic E-state index is 13.5. The van der Waals surface area contributed by atoms with Crippen molar-refractivity contribution in [2.24, 2.45) is 0 Å². The van der Waals surface area contributed by atoms with E-state index in [2.05, 4.69) is 4.98 Å². The summed E-state index contributed by atoms with van der Waals surface area (Å²) in [5.74, 6) is -3.13. The lowest BCUT2D eigenvalue weighted by molar-refractivity contribution is 0.509. The Morgan fingerprint density at radius 1 is 0.889 bits per heavy atom. The number of halogens is 4. The molecular weight excluding hydrogens is 356 g/mol. The smallest absolute Gasteiger partial charge is 0.159 e. The molecule has 2 aromatic carbocycles. The topological polar surface area (TPSA) is 16.1 Å². The van der Waals surface area contributed by atoms with Gasteiger partial charge in [0, 0.05) is 41.3 Å². The van der Waals surface area contributed by atoms with Crippen LogP contribution in [-0.2, 0) is 6.54 Å². The third-order valence-corrected chi connectivity index (χ3v) is 4.52. The molecule has 136 valence electrons. The van der Waals surface area contributed by atoms with Crippen molar-refractivity contribution in [1.82, 2.24) is 4.98 Å². The zero-order chi connectivity index (χ0) is 19.1. The molecule has 0 aliphatic carbocycles. The quantitative estimate of drug-likeness (QED) is 0.546. The van der Waals surface area contributed by atoms with Gasteiger partial charge in [0.15, 0.2) is 11.6 Å². The summed E-state index contributed by atoms with van der Waals surface area (Å²) in [4.78, 5) is 6.22. The molecule has 0 radical (unpaired) electrons. The molecule has 6 heteroatoms. The summed E-state index contributed by atoms with van der Waals surface area (Å²) in [5.41, 5.74) is 3.88. The van der Waals surface area contributed by atoms with Gasteiger partial charge in [-0.2, -0.15) is 0 Å². The molecule has 3 aromatic rings. The summed E-state index contributed by atoms with van der Waals surface area (Å²) < 4.78 is 53.7. The highest BCUT2D eigenvalue weighted by atomic mass is 19.2. The predicted octanol–water partition coefficient (Wildman–Crippen LogP) is 5.60. The molecule has 1 aliphatic rings. The second kappa shape index (κ2) is 6.54. The fourth-order valence-corrected chi connectivity index (χ4v) is 3.16. The van der Waals surface area contributed by atoms with E-state index in [-0.39, 0.29) is 0 Å². The summed E-state index contributed by atoms with van der Waals surface area (Å²) >= 11 is 0. The molecule has 0 amide bonds. The first-order chi connectivity index (χ1) is 12.9. The maximum atomic E-state index is 13.5. The highest BCUT2D eigenvalue weighted by Gasteiger charge is 2.18. The van der Waals surface area contributed by atoms with Gasteiger partial charge in [-0.15, -0.1) is 0 Å². The summed E-state index contributed by atoms with van der Waals surface area (Å²) in [6.07, 6.45) is 3.53. The molecule has 0 atom stereocenters. The zero-order valence-electron chi connectivity index (χ0n) is 14.3. The van der Waals surface area contributed by atoms with E-state index >= 15 is 0 Å². The minimum atomic E-state index is -0.931. The summed E-state index contributed by atoms with van der Waals surface area (Å²) in [5, 5.41) is 0. The highest BCUT2D eigenvalue weighted by molar-refractivity contribution is 5.70. The van der Waals surface area contributed by atoms with Gasteiger partial charge in [-0.3, -0.25) is 4.98 Å². The average molecular weight is 370 g/mol. The minimum Gasteiger partial charge on any atom is -0.343 e.